The van der Waals surface area contributed by atoms with Gasteiger partial charge in [0.2, 0.25) is 0 Å². The predicted molar refractivity (Wildman–Crippen MR) is 58.2 cm³/mol. The van der Waals surface area contributed by atoms with Gasteiger partial charge in [-0.15, -0.1) is 0 Å². The van der Waals surface area contributed by atoms with Crippen molar-refractivity contribution in [1.29, 1.82) is 0 Å². The fourth-order valence-electron chi connectivity index (χ4n) is 1.87. The van der Waals surface area contributed by atoms with Crippen LogP contribution in [0.5, 0.6) is 0 Å². The van der Waals surface area contributed by atoms with Crippen LogP contribution in [0, 0.1) is 0 Å². The van der Waals surface area contributed by atoms with Gasteiger partial charge >= 0.3 is 0 Å². The Morgan fingerprint density at radius 2 is 2.17 bits per heavy atom. The summed E-state index contributed by atoms with van der Waals surface area (Å²) in [5, 5.41) is 28.3. The first-order chi connectivity index (χ1) is 8.47. The minimum atomic E-state index is -1.29. The highest BCUT2D eigenvalue weighted by Gasteiger charge is 2.44. The van der Waals surface area contributed by atoms with Gasteiger partial charge in [-0.25, -0.2) is 4.98 Å². The molecule has 100 valence electrons. The summed E-state index contributed by atoms with van der Waals surface area (Å²) in [5.41, 5.74) is 10.6. The number of nitrogens with zero attached hydrogens (tertiary/aromatic N) is 2. The van der Waals surface area contributed by atoms with Crippen molar-refractivity contribution in [2.24, 2.45) is 5.73 Å². The molecule has 1 aromatic rings. The zero-order valence-corrected chi connectivity index (χ0v) is 9.30. The first-order valence-electron chi connectivity index (χ1n) is 5.22. The number of aromatic nitrogens is 2. The Morgan fingerprint density at radius 3 is 2.61 bits per heavy atom. The lowest BCUT2D eigenvalue weighted by atomic mass is 10.1. The quantitative estimate of drug-likeness (QED) is 0.391. The van der Waals surface area contributed by atoms with Crippen LogP contribution in [0.4, 0.5) is 5.82 Å². The van der Waals surface area contributed by atoms with Gasteiger partial charge in [0.15, 0.2) is 11.9 Å². The van der Waals surface area contributed by atoms with Crippen molar-refractivity contribution in [3.63, 3.8) is 0 Å². The fourth-order valence-corrected chi connectivity index (χ4v) is 1.87. The Balaban J connectivity index is 2.30. The van der Waals surface area contributed by atoms with E-state index in [9.17, 15) is 15.0 Å². The molecule has 1 aliphatic rings. The number of hydrogen-bond acceptors (Lipinski definition) is 7. The summed E-state index contributed by atoms with van der Waals surface area (Å²) >= 11 is 0. The molecule has 9 heteroatoms. The van der Waals surface area contributed by atoms with Gasteiger partial charge in [-0.2, -0.15) is 0 Å². The van der Waals surface area contributed by atoms with E-state index in [0.717, 1.165) is 0 Å². The third kappa shape index (κ3) is 1.82. The Morgan fingerprint density at radius 1 is 1.50 bits per heavy atom. The topological polar surface area (TPSA) is 157 Å². The van der Waals surface area contributed by atoms with E-state index in [1.165, 1.54) is 10.9 Å². The van der Waals surface area contributed by atoms with Crippen molar-refractivity contribution in [3.8, 4) is 0 Å². The number of carbonyl (C=O) groups is 1. The molecule has 1 fully saturated rings. The van der Waals surface area contributed by atoms with Crippen LogP contribution in [-0.2, 0) is 4.74 Å². The number of rotatable bonds is 3. The van der Waals surface area contributed by atoms with Crippen molar-refractivity contribution in [1.82, 2.24) is 9.55 Å². The highest BCUT2D eigenvalue weighted by atomic mass is 16.6. The van der Waals surface area contributed by atoms with Gasteiger partial charge in [0.25, 0.3) is 5.91 Å². The lowest BCUT2D eigenvalue weighted by Crippen LogP contribution is -2.33. The van der Waals surface area contributed by atoms with Crippen LogP contribution in [0.1, 0.15) is 16.7 Å². The summed E-state index contributed by atoms with van der Waals surface area (Å²) in [6.07, 6.45) is -3.32. The van der Waals surface area contributed by atoms with E-state index in [1.54, 1.807) is 0 Å². The predicted octanol–water partition coefficient (Wildman–Crippen LogP) is -2.82. The normalized spacial score (nSPS) is 31.7. The molecule has 0 saturated carbocycles. The van der Waals surface area contributed by atoms with Gasteiger partial charge in [-0.3, -0.25) is 9.36 Å². The van der Waals surface area contributed by atoms with Gasteiger partial charge < -0.3 is 31.5 Å². The van der Waals surface area contributed by atoms with Gasteiger partial charge in [-0.05, 0) is 0 Å². The highest BCUT2D eigenvalue weighted by Crippen LogP contribution is 2.31. The van der Waals surface area contributed by atoms with Crippen molar-refractivity contribution < 1.29 is 24.9 Å². The van der Waals surface area contributed by atoms with E-state index in [0.29, 0.717) is 0 Å². The smallest absolute Gasteiger partial charge is 0.271 e. The number of primary amides is 1. The number of hydrogen-bond donors (Lipinski definition) is 5. The lowest BCUT2D eigenvalue weighted by Gasteiger charge is -2.17. The molecule has 4 atom stereocenters. The minimum Gasteiger partial charge on any atom is -0.394 e. The van der Waals surface area contributed by atoms with Gasteiger partial charge in [0.1, 0.15) is 24.1 Å². The van der Waals surface area contributed by atoms with Crippen LogP contribution in [0.2, 0.25) is 0 Å². The molecule has 7 N–H and O–H groups in total. The zero-order chi connectivity index (χ0) is 13.4. The number of nitrogens with two attached hydrogens (primary N) is 2. The van der Waals surface area contributed by atoms with E-state index in [1.807, 2.05) is 0 Å². The molecule has 4 unspecified atom stereocenters. The summed E-state index contributed by atoms with van der Waals surface area (Å²) in [5.74, 6) is -0.879. The molecule has 0 radical (unpaired) electrons. The van der Waals surface area contributed by atoms with Crippen molar-refractivity contribution >= 4 is 11.7 Å². The molecule has 1 aromatic heterocycles. The van der Waals surface area contributed by atoms with Crippen molar-refractivity contribution in [3.05, 3.63) is 12.0 Å². The second-order valence-corrected chi connectivity index (χ2v) is 3.98. The summed E-state index contributed by atoms with van der Waals surface area (Å²) < 4.78 is 6.42. The maximum Gasteiger partial charge on any atom is 0.271 e. The van der Waals surface area contributed by atoms with Gasteiger partial charge in [0, 0.05) is 0 Å². The molecule has 0 bridgehead atoms. The first-order valence-corrected chi connectivity index (χ1v) is 5.22. The molecule has 2 rings (SSSR count). The number of aliphatic hydroxyl groups excluding tert-OH is 3. The number of carbonyl (C=O) groups excluding carboxylic acids is 1. The molecule has 2 heterocycles. The SMILES string of the molecule is NC(=O)c1ncn(C2OC(CO)C(O)C2O)c1N. The Hall–Kier alpha value is -1.68. The average molecular weight is 258 g/mol. The summed E-state index contributed by atoms with van der Waals surface area (Å²) in [7, 11) is 0. The molecular formula is C9H14N4O5. The van der Waals surface area contributed by atoms with Crippen molar-refractivity contribution in [2.75, 3.05) is 12.3 Å². The van der Waals surface area contributed by atoms with Crippen LogP contribution in [-0.4, -0.2) is 55.7 Å². The Kier molecular flexibility index (Phi) is 3.22. The van der Waals surface area contributed by atoms with Gasteiger partial charge in [-0.1, -0.05) is 0 Å². The van der Waals surface area contributed by atoms with E-state index in [4.69, 9.17) is 21.3 Å². The molecule has 0 spiro atoms. The lowest BCUT2D eigenvalue weighted by molar-refractivity contribution is -0.0518. The van der Waals surface area contributed by atoms with Crippen LogP contribution in [0.3, 0.4) is 0 Å². The standard InChI is InChI=1S/C9H14N4O5/c10-7-4(8(11)17)12-2-13(7)9-6(16)5(15)3(1-14)18-9/h2-3,5-6,9,14-16H,1,10H2,(H2,11,17). The minimum absolute atomic E-state index is 0.0719. The Labute approximate surface area is 102 Å². The number of anilines is 1. The monoisotopic (exact) mass is 258 g/mol. The molecule has 9 nitrogen and oxygen atoms in total. The molecule has 0 aliphatic carbocycles. The molecule has 1 amide bonds. The summed E-state index contributed by atoms with van der Waals surface area (Å²) in [6.45, 7) is -0.452. The maximum atomic E-state index is 11.0. The second-order valence-electron chi connectivity index (χ2n) is 3.98. The second kappa shape index (κ2) is 4.53. The van der Waals surface area contributed by atoms with E-state index in [2.05, 4.69) is 4.98 Å². The Bertz CT molecular complexity index is 462. The number of ether oxygens (including phenoxy) is 1. The molecule has 18 heavy (non-hydrogen) atoms. The van der Waals surface area contributed by atoms with Crippen LogP contribution in [0.25, 0.3) is 0 Å². The molecule has 0 aromatic carbocycles. The molecule has 1 aliphatic heterocycles. The number of imidazole rings is 1. The average Bonchev–Trinajstić information content (AvgIpc) is 2.82. The van der Waals surface area contributed by atoms with Gasteiger partial charge in [0.05, 0.1) is 12.9 Å². The summed E-state index contributed by atoms with van der Waals surface area (Å²) in [6, 6.07) is 0. The van der Waals surface area contributed by atoms with E-state index >= 15 is 0 Å². The molecular weight excluding hydrogens is 244 g/mol. The summed E-state index contributed by atoms with van der Waals surface area (Å²) in [4.78, 5) is 14.7. The van der Waals surface area contributed by atoms with E-state index < -0.39 is 37.1 Å². The number of aliphatic hydroxyl groups is 3. The highest BCUT2D eigenvalue weighted by molar-refractivity contribution is 5.95. The fraction of sp³-hybridized carbons (Fsp3) is 0.556. The van der Waals surface area contributed by atoms with Crippen molar-refractivity contribution in [2.45, 2.75) is 24.5 Å². The van der Waals surface area contributed by atoms with E-state index in [-0.39, 0.29) is 11.5 Å². The first kappa shape index (κ1) is 12.8. The van der Waals surface area contributed by atoms with Crippen LogP contribution >= 0.6 is 0 Å². The third-order valence-corrected chi connectivity index (χ3v) is 2.86. The molecule has 1 saturated heterocycles. The third-order valence-electron chi connectivity index (χ3n) is 2.86. The largest absolute Gasteiger partial charge is 0.394 e. The van der Waals surface area contributed by atoms with Crippen LogP contribution in [0.15, 0.2) is 6.33 Å². The number of amides is 1. The maximum absolute atomic E-state index is 11.0. The number of nitrogen functional groups attached to an aromatic ring is 1. The van der Waals surface area contributed by atoms with Crippen LogP contribution < -0.4 is 11.5 Å². The zero-order valence-electron chi connectivity index (χ0n) is 9.30.